The Hall–Kier alpha value is -3.80. The van der Waals surface area contributed by atoms with Crippen molar-refractivity contribution in [1.82, 2.24) is 15.4 Å². The van der Waals surface area contributed by atoms with Crippen LogP contribution in [-0.4, -0.2) is 37.5 Å². The third-order valence-corrected chi connectivity index (χ3v) is 5.96. The number of H-pyrrole nitrogens is 1. The molecule has 168 valence electrons. The predicted molar refractivity (Wildman–Crippen MR) is 116 cm³/mol. The van der Waals surface area contributed by atoms with E-state index in [4.69, 9.17) is 14.0 Å². The number of aromatic nitrogens is 3. The van der Waals surface area contributed by atoms with Gasteiger partial charge in [0.1, 0.15) is 22.2 Å². The van der Waals surface area contributed by atoms with E-state index in [1.54, 1.807) is 31.3 Å². The van der Waals surface area contributed by atoms with Gasteiger partial charge in [-0.1, -0.05) is 5.16 Å². The zero-order valence-corrected chi connectivity index (χ0v) is 18.2. The molecule has 0 unspecified atom stereocenters. The van der Waals surface area contributed by atoms with Crippen molar-refractivity contribution in [2.75, 3.05) is 23.8 Å². The second-order valence-corrected chi connectivity index (χ2v) is 8.40. The quantitative estimate of drug-likeness (QED) is 0.359. The van der Waals surface area contributed by atoms with Gasteiger partial charge >= 0.3 is 0 Å². The van der Waals surface area contributed by atoms with Gasteiger partial charge in [0.15, 0.2) is 17.2 Å². The van der Waals surface area contributed by atoms with Gasteiger partial charge in [-0.15, -0.1) is 0 Å². The van der Waals surface area contributed by atoms with Gasteiger partial charge < -0.3 is 19.3 Å². The first kappa shape index (κ1) is 21.4. The lowest BCUT2D eigenvalue weighted by molar-refractivity contribution is 0.330. The number of methoxy groups -OCH3 is 1. The highest BCUT2D eigenvalue weighted by molar-refractivity contribution is 7.92. The van der Waals surface area contributed by atoms with Crippen LogP contribution < -0.4 is 19.5 Å². The minimum absolute atomic E-state index is 0.0368. The lowest BCUT2D eigenvalue weighted by Crippen LogP contribution is -2.15. The summed E-state index contributed by atoms with van der Waals surface area (Å²) in [6, 6.07) is 7.14. The maximum absolute atomic E-state index is 14.1. The van der Waals surface area contributed by atoms with Gasteiger partial charge in [-0.25, -0.2) is 12.8 Å². The summed E-state index contributed by atoms with van der Waals surface area (Å²) in [5.74, 6) is 0.242. The molecular formula is C20H20FN5O5S. The molecule has 0 radical (unpaired) electrons. The van der Waals surface area contributed by atoms with Gasteiger partial charge in [0.2, 0.25) is 0 Å². The van der Waals surface area contributed by atoms with Gasteiger partial charge in [-0.2, -0.15) is 5.10 Å². The van der Waals surface area contributed by atoms with Crippen molar-refractivity contribution in [3.8, 4) is 11.5 Å². The van der Waals surface area contributed by atoms with Crippen LogP contribution in [0.5, 0.6) is 11.5 Å². The molecule has 0 saturated heterocycles. The summed E-state index contributed by atoms with van der Waals surface area (Å²) in [6.45, 7) is 3.44. The van der Waals surface area contributed by atoms with Gasteiger partial charge in [0.25, 0.3) is 10.0 Å². The van der Waals surface area contributed by atoms with Crippen molar-refractivity contribution in [2.45, 2.75) is 18.7 Å². The monoisotopic (exact) mass is 461 g/mol. The predicted octanol–water partition coefficient (Wildman–Crippen LogP) is 3.95. The van der Waals surface area contributed by atoms with Gasteiger partial charge in [-0.05, 0) is 37.6 Å². The number of benzene rings is 2. The molecule has 4 aromatic rings. The van der Waals surface area contributed by atoms with Crippen molar-refractivity contribution >= 4 is 38.3 Å². The molecule has 0 aliphatic heterocycles. The largest absolute Gasteiger partial charge is 0.495 e. The molecule has 0 atom stereocenters. The molecule has 32 heavy (non-hydrogen) atoms. The second-order valence-electron chi connectivity index (χ2n) is 6.75. The van der Waals surface area contributed by atoms with E-state index in [1.807, 2.05) is 0 Å². The molecule has 0 amide bonds. The summed E-state index contributed by atoms with van der Waals surface area (Å²) >= 11 is 0. The Bertz CT molecular complexity index is 1370. The molecule has 0 fully saturated rings. The van der Waals surface area contributed by atoms with Crippen molar-refractivity contribution < 1.29 is 26.8 Å². The summed E-state index contributed by atoms with van der Waals surface area (Å²) in [7, 11) is -2.78. The first-order chi connectivity index (χ1) is 15.3. The van der Waals surface area contributed by atoms with Crippen LogP contribution in [-0.2, 0) is 10.0 Å². The second kappa shape index (κ2) is 8.38. The molecule has 0 aliphatic carbocycles. The molecule has 0 spiro atoms. The molecule has 0 aliphatic rings. The highest BCUT2D eigenvalue weighted by Gasteiger charge is 2.25. The zero-order valence-electron chi connectivity index (χ0n) is 17.4. The average molecular weight is 461 g/mol. The summed E-state index contributed by atoms with van der Waals surface area (Å²) in [4.78, 5) is -0.345. The van der Waals surface area contributed by atoms with E-state index in [9.17, 15) is 12.8 Å². The van der Waals surface area contributed by atoms with Gasteiger partial charge in [0, 0.05) is 18.3 Å². The number of hydrogen-bond acceptors (Lipinski definition) is 8. The Labute approximate surface area is 182 Å². The normalized spacial score (nSPS) is 11.5. The van der Waals surface area contributed by atoms with E-state index < -0.39 is 15.8 Å². The number of aromatic amines is 1. The van der Waals surface area contributed by atoms with Crippen LogP contribution in [0, 0.1) is 12.7 Å². The molecule has 12 heteroatoms. The van der Waals surface area contributed by atoms with Crippen LogP contribution in [0.1, 0.15) is 12.5 Å². The van der Waals surface area contributed by atoms with Gasteiger partial charge in [0.05, 0.1) is 24.8 Å². The summed E-state index contributed by atoms with van der Waals surface area (Å²) in [5, 5.41) is 13.9. The Morgan fingerprint density at radius 1 is 1.22 bits per heavy atom. The molecular weight excluding hydrogens is 441 g/mol. The number of hydrogen-bond donors (Lipinski definition) is 3. The van der Waals surface area contributed by atoms with Crippen LogP contribution in [0.2, 0.25) is 0 Å². The third kappa shape index (κ3) is 4.04. The molecule has 2 aromatic heterocycles. The number of rotatable bonds is 8. The minimum Gasteiger partial charge on any atom is -0.495 e. The number of nitrogens with one attached hydrogen (secondary N) is 3. The first-order valence-corrected chi connectivity index (χ1v) is 11.0. The van der Waals surface area contributed by atoms with Crippen molar-refractivity contribution in [2.24, 2.45) is 0 Å². The first-order valence-electron chi connectivity index (χ1n) is 9.52. The number of nitrogens with zero attached hydrogens (tertiary/aromatic N) is 2. The highest BCUT2D eigenvalue weighted by Crippen LogP contribution is 2.36. The number of aryl methyl sites for hydroxylation is 1. The van der Waals surface area contributed by atoms with Gasteiger partial charge in [-0.3, -0.25) is 9.82 Å². The van der Waals surface area contributed by atoms with Crippen LogP contribution >= 0.6 is 0 Å². The van der Waals surface area contributed by atoms with Crippen molar-refractivity contribution in [3.05, 3.63) is 47.9 Å². The maximum Gasteiger partial charge on any atom is 0.266 e. The van der Waals surface area contributed by atoms with Crippen LogP contribution in [0.25, 0.3) is 11.0 Å². The van der Waals surface area contributed by atoms with E-state index >= 15 is 0 Å². The van der Waals surface area contributed by atoms with E-state index in [0.29, 0.717) is 28.2 Å². The van der Waals surface area contributed by atoms with Crippen LogP contribution in [0.3, 0.4) is 0 Å². The fraction of sp³-hybridized carbons (Fsp3) is 0.200. The van der Waals surface area contributed by atoms with E-state index in [-0.39, 0.29) is 28.6 Å². The van der Waals surface area contributed by atoms with Crippen LogP contribution in [0.4, 0.5) is 21.7 Å². The third-order valence-electron chi connectivity index (χ3n) is 4.60. The Morgan fingerprint density at radius 3 is 2.72 bits per heavy atom. The fourth-order valence-electron chi connectivity index (χ4n) is 3.07. The number of anilines is 3. The molecule has 10 nitrogen and oxygen atoms in total. The molecule has 2 aromatic carbocycles. The number of halogens is 1. The fourth-order valence-corrected chi connectivity index (χ4v) is 4.22. The Morgan fingerprint density at radius 2 is 2.03 bits per heavy atom. The molecule has 0 saturated carbocycles. The molecule has 2 heterocycles. The number of sulfonamides is 1. The minimum atomic E-state index is -4.25. The van der Waals surface area contributed by atoms with E-state index in [0.717, 1.165) is 6.07 Å². The maximum atomic E-state index is 14.1. The smallest absolute Gasteiger partial charge is 0.266 e. The molecule has 4 rings (SSSR count). The van der Waals surface area contributed by atoms with E-state index in [2.05, 4.69) is 25.4 Å². The average Bonchev–Trinajstić information content (AvgIpc) is 3.40. The SMILES string of the molecule is CCOc1cc(C)c(F)cc1S(=O)(=O)Nc1noc2cc(Nc3cc[nH]n3)c(OC)cc12. The lowest BCUT2D eigenvalue weighted by atomic mass is 10.2. The van der Waals surface area contributed by atoms with Crippen LogP contribution in [0.15, 0.2) is 45.9 Å². The van der Waals surface area contributed by atoms with E-state index in [1.165, 1.54) is 20.1 Å². The van der Waals surface area contributed by atoms with Crippen molar-refractivity contribution in [1.29, 1.82) is 0 Å². The standard InChI is InChI=1S/C20H20FN5O5S/c1-4-30-17-7-11(2)13(21)9-18(17)32(27,28)26-20-12-8-16(29-3)14(10-15(12)31-25-20)23-19-5-6-22-24-19/h5-10H,4H2,1-3H3,(H,25,26)(H2,22,23,24). The molecule has 3 N–H and O–H groups in total. The topological polar surface area (TPSA) is 131 Å². The molecule has 0 bridgehead atoms. The number of fused-ring (bicyclic) bond motifs is 1. The lowest BCUT2D eigenvalue weighted by Gasteiger charge is -2.13. The highest BCUT2D eigenvalue weighted by atomic mass is 32.2. The summed E-state index contributed by atoms with van der Waals surface area (Å²) < 4.78 is 58.7. The number of ether oxygens (including phenoxy) is 2. The zero-order chi connectivity index (χ0) is 22.9. The summed E-state index contributed by atoms with van der Waals surface area (Å²) in [6.07, 6.45) is 1.65. The Kier molecular flexibility index (Phi) is 5.61. The summed E-state index contributed by atoms with van der Waals surface area (Å²) in [5.41, 5.74) is 1.10. The Balaban J connectivity index is 1.72. The van der Waals surface area contributed by atoms with Crippen molar-refractivity contribution in [3.63, 3.8) is 0 Å².